The van der Waals surface area contributed by atoms with Crippen molar-refractivity contribution in [2.75, 3.05) is 40.0 Å². The molecule has 0 aliphatic rings. The van der Waals surface area contributed by atoms with E-state index in [9.17, 15) is 9.59 Å². The smallest absolute Gasteiger partial charge is 0.307 e. The normalized spacial score (nSPS) is 10.3. The number of nitrogens with zero attached hydrogens (tertiary/aromatic N) is 1. The molecule has 6 heteroatoms. The van der Waals surface area contributed by atoms with Gasteiger partial charge in [-0.2, -0.15) is 0 Å². The predicted molar refractivity (Wildman–Crippen MR) is 70.6 cm³/mol. The number of hydrogen-bond acceptors (Lipinski definition) is 5. The zero-order valence-electron chi connectivity index (χ0n) is 11.9. The zero-order valence-corrected chi connectivity index (χ0v) is 11.9. The fourth-order valence-electron chi connectivity index (χ4n) is 1.52. The molecule has 0 aliphatic heterocycles. The molecule has 0 saturated carbocycles. The van der Waals surface area contributed by atoms with E-state index in [2.05, 4.69) is 4.74 Å². The van der Waals surface area contributed by atoms with Gasteiger partial charge in [-0.05, 0) is 6.42 Å². The standard InChI is InChI=1S/C13H25NO5/c1-3-4-5-12(16)14(7-6-13(17)18-2)8-10-19-11-9-15/h15H,3-11H2,1-2H3. The molecule has 0 aromatic heterocycles. The predicted octanol–water partition coefficient (Wildman–Crippen LogP) is 0.577. The highest BCUT2D eigenvalue weighted by Crippen LogP contribution is 2.02. The molecule has 0 atom stereocenters. The van der Waals surface area contributed by atoms with E-state index in [1.165, 1.54) is 7.11 Å². The fourth-order valence-corrected chi connectivity index (χ4v) is 1.52. The van der Waals surface area contributed by atoms with E-state index in [-0.39, 0.29) is 31.5 Å². The van der Waals surface area contributed by atoms with Crippen molar-refractivity contribution in [1.82, 2.24) is 4.90 Å². The SMILES string of the molecule is CCCCC(=O)N(CCOCCO)CCC(=O)OC. The molecule has 6 nitrogen and oxygen atoms in total. The lowest BCUT2D eigenvalue weighted by atomic mass is 10.2. The Kier molecular flexibility index (Phi) is 11.2. The number of carbonyl (C=O) groups is 2. The first kappa shape index (κ1) is 17.9. The van der Waals surface area contributed by atoms with E-state index in [1.807, 2.05) is 6.92 Å². The van der Waals surface area contributed by atoms with Crippen molar-refractivity contribution in [3.8, 4) is 0 Å². The van der Waals surface area contributed by atoms with E-state index >= 15 is 0 Å². The van der Waals surface area contributed by atoms with Gasteiger partial charge < -0.3 is 19.5 Å². The highest BCUT2D eigenvalue weighted by molar-refractivity contribution is 5.77. The summed E-state index contributed by atoms with van der Waals surface area (Å²) in [5.74, 6) is -0.303. The number of ether oxygens (including phenoxy) is 2. The molecule has 0 aliphatic carbocycles. The van der Waals surface area contributed by atoms with Crippen LogP contribution in [0.3, 0.4) is 0 Å². The number of unbranched alkanes of at least 4 members (excludes halogenated alkanes) is 1. The second kappa shape index (κ2) is 11.9. The van der Waals surface area contributed by atoms with Gasteiger partial charge in [0.05, 0.1) is 33.4 Å². The van der Waals surface area contributed by atoms with Crippen LogP contribution in [-0.2, 0) is 19.1 Å². The summed E-state index contributed by atoms with van der Waals surface area (Å²) in [7, 11) is 1.33. The Labute approximate surface area is 114 Å². The number of carbonyl (C=O) groups excluding carboxylic acids is 2. The molecule has 0 saturated heterocycles. The number of amides is 1. The van der Waals surface area contributed by atoms with Crippen LogP contribution in [0.5, 0.6) is 0 Å². The van der Waals surface area contributed by atoms with Gasteiger partial charge in [0.2, 0.25) is 5.91 Å². The number of aliphatic hydroxyl groups is 1. The molecule has 0 aromatic rings. The van der Waals surface area contributed by atoms with Crippen LogP contribution in [0.1, 0.15) is 32.6 Å². The average molecular weight is 275 g/mol. The van der Waals surface area contributed by atoms with Crippen LogP contribution in [0.25, 0.3) is 0 Å². The summed E-state index contributed by atoms with van der Waals surface area (Å²) in [6, 6.07) is 0. The molecule has 0 unspecified atom stereocenters. The third-order valence-electron chi connectivity index (χ3n) is 2.65. The topological polar surface area (TPSA) is 76.1 Å². The van der Waals surface area contributed by atoms with Crippen LogP contribution >= 0.6 is 0 Å². The molecule has 0 radical (unpaired) electrons. The van der Waals surface area contributed by atoms with E-state index in [1.54, 1.807) is 4.90 Å². The number of aliphatic hydroxyl groups excluding tert-OH is 1. The van der Waals surface area contributed by atoms with Gasteiger partial charge in [0.25, 0.3) is 0 Å². The molecule has 1 N–H and O–H groups in total. The lowest BCUT2D eigenvalue weighted by molar-refractivity contribution is -0.142. The Hall–Kier alpha value is -1.14. The van der Waals surface area contributed by atoms with E-state index in [0.29, 0.717) is 26.1 Å². The Morgan fingerprint density at radius 2 is 1.89 bits per heavy atom. The van der Waals surface area contributed by atoms with Gasteiger partial charge >= 0.3 is 5.97 Å². The molecular weight excluding hydrogens is 250 g/mol. The van der Waals surface area contributed by atoms with Gasteiger partial charge in [-0.25, -0.2) is 0 Å². The van der Waals surface area contributed by atoms with Crippen LogP contribution in [0.4, 0.5) is 0 Å². The summed E-state index contributed by atoms with van der Waals surface area (Å²) in [5.41, 5.74) is 0. The molecule has 0 aromatic carbocycles. The Balaban J connectivity index is 4.12. The van der Waals surface area contributed by atoms with Gasteiger partial charge in [0.1, 0.15) is 0 Å². The lowest BCUT2D eigenvalue weighted by Gasteiger charge is -2.22. The molecule has 1 amide bonds. The number of rotatable bonds is 11. The quantitative estimate of drug-likeness (QED) is 0.441. The molecule has 0 fully saturated rings. The summed E-state index contributed by atoms with van der Waals surface area (Å²) in [6.07, 6.45) is 2.47. The minimum Gasteiger partial charge on any atom is -0.469 e. The Morgan fingerprint density at radius 1 is 1.16 bits per heavy atom. The van der Waals surface area contributed by atoms with Gasteiger partial charge in [-0.1, -0.05) is 13.3 Å². The van der Waals surface area contributed by atoms with Gasteiger partial charge in [0.15, 0.2) is 0 Å². The summed E-state index contributed by atoms with van der Waals surface area (Å²) in [4.78, 5) is 24.7. The molecule has 0 spiro atoms. The molecule has 0 rings (SSSR count). The van der Waals surface area contributed by atoms with Crippen molar-refractivity contribution in [2.24, 2.45) is 0 Å². The minimum atomic E-state index is -0.329. The molecular formula is C13H25NO5. The average Bonchev–Trinajstić information content (AvgIpc) is 2.43. The lowest BCUT2D eigenvalue weighted by Crippen LogP contribution is -2.36. The van der Waals surface area contributed by atoms with Crippen molar-refractivity contribution in [1.29, 1.82) is 0 Å². The molecule has 112 valence electrons. The third-order valence-corrected chi connectivity index (χ3v) is 2.65. The maximum absolute atomic E-state index is 11.9. The zero-order chi connectivity index (χ0) is 14.5. The molecule has 19 heavy (non-hydrogen) atoms. The van der Waals surface area contributed by atoms with Crippen LogP contribution in [0.2, 0.25) is 0 Å². The molecule has 0 bridgehead atoms. The second-order valence-electron chi connectivity index (χ2n) is 4.15. The van der Waals surface area contributed by atoms with Crippen LogP contribution in [-0.4, -0.2) is 61.9 Å². The van der Waals surface area contributed by atoms with E-state index in [0.717, 1.165) is 12.8 Å². The first-order valence-electron chi connectivity index (χ1n) is 6.68. The van der Waals surface area contributed by atoms with Crippen LogP contribution in [0, 0.1) is 0 Å². The highest BCUT2D eigenvalue weighted by atomic mass is 16.5. The second-order valence-corrected chi connectivity index (χ2v) is 4.15. The van der Waals surface area contributed by atoms with Crippen molar-refractivity contribution < 1.29 is 24.2 Å². The van der Waals surface area contributed by atoms with Gasteiger partial charge in [-0.3, -0.25) is 9.59 Å². The molecule has 0 heterocycles. The first-order chi connectivity index (χ1) is 9.15. The number of hydrogen-bond donors (Lipinski definition) is 1. The maximum Gasteiger partial charge on any atom is 0.307 e. The first-order valence-corrected chi connectivity index (χ1v) is 6.68. The number of methoxy groups -OCH3 is 1. The van der Waals surface area contributed by atoms with Crippen molar-refractivity contribution in [3.63, 3.8) is 0 Å². The summed E-state index contributed by atoms with van der Waals surface area (Å²) < 4.78 is 9.70. The summed E-state index contributed by atoms with van der Waals surface area (Å²) in [5, 5.41) is 8.60. The minimum absolute atomic E-state index is 0.0263. The Bertz CT molecular complexity index is 257. The van der Waals surface area contributed by atoms with E-state index < -0.39 is 0 Å². The van der Waals surface area contributed by atoms with E-state index in [4.69, 9.17) is 9.84 Å². The Morgan fingerprint density at radius 3 is 2.47 bits per heavy atom. The largest absolute Gasteiger partial charge is 0.469 e. The van der Waals surface area contributed by atoms with Crippen LogP contribution < -0.4 is 0 Å². The fraction of sp³-hybridized carbons (Fsp3) is 0.846. The van der Waals surface area contributed by atoms with Crippen molar-refractivity contribution in [3.05, 3.63) is 0 Å². The number of esters is 1. The van der Waals surface area contributed by atoms with Gasteiger partial charge in [-0.15, -0.1) is 0 Å². The maximum atomic E-state index is 11.9. The summed E-state index contributed by atoms with van der Waals surface area (Å²) >= 11 is 0. The third kappa shape index (κ3) is 9.44. The van der Waals surface area contributed by atoms with Crippen molar-refractivity contribution >= 4 is 11.9 Å². The van der Waals surface area contributed by atoms with Crippen LogP contribution in [0.15, 0.2) is 0 Å². The van der Waals surface area contributed by atoms with Crippen molar-refractivity contribution in [2.45, 2.75) is 32.6 Å². The summed E-state index contributed by atoms with van der Waals surface area (Å²) in [6.45, 7) is 3.38. The monoisotopic (exact) mass is 275 g/mol. The van der Waals surface area contributed by atoms with Gasteiger partial charge in [0, 0.05) is 19.5 Å². The highest BCUT2D eigenvalue weighted by Gasteiger charge is 2.14.